The summed E-state index contributed by atoms with van der Waals surface area (Å²) < 4.78 is 26.8. The van der Waals surface area contributed by atoms with Crippen molar-refractivity contribution in [2.75, 3.05) is 12.3 Å². The Hall–Kier alpha value is -0.420. The Morgan fingerprint density at radius 2 is 1.85 bits per heavy atom. The molecule has 0 saturated carbocycles. The fraction of sp³-hybridized carbons (Fsp3) is 0.933. The van der Waals surface area contributed by atoms with E-state index in [1.165, 1.54) is 0 Å². The summed E-state index contributed by atoms with van der Waals surface area (Å²) in [5.74, 6) is 0.262. The molecule has 0 bridgehead atoms. The van der Waals surface area contributed by atoms with Crippen LogP contribution in [0.25, 0.3) is 0 Å². The van der Waals surface area contributed by atoms with Crippen molar-refractivity contribution in [3.8, 4) is 0 Å². The second kappa shape index (κ2) is 7.03. The fourth-order valence-electron chi connectivity index (χ4n) is 2.61. The van der Waals surface area contributed by atoms with E-state index in [1.807, 2.05) is 0 Å². The topological polar surface area (TPSA) is 54.5 Å². The van der Waals surface area contributed by atoms with Crippen molar-refractivity contribution < 1.29 is 13.2 Å². The summed E-state index contributed by atoms with van der Waals surface area (Å²) in [5.41, 5.74) is 0.00892. The predicted molar refractivity (Wildman–Crippen MR) is 82.1 cm³/mol. The van der Waals surface area contributed by atoms with E-state index < -0.39 is 10.0 Å². The van der Waals surface area contributed by atoms with Crippen molar-refractivity contribution in [2.24, 2.45) is 5.41 Å². The standard InChI is InChI=1S/C15H29NO3S/c1-13(17)12-14-8-6-5-7-10-16(14)20(18,19)11-9-15(2,3)4/h14H,5-12H2,1-4H3. The van der Waals surface area contributed by atoms with E-state index in [0.717, 1.165) is 25.7 Å². The molecular weight excluding hydrogens is 274 g/mol. The molecule has 1 fully saturated rings. The number of hydrogen-bond acceptors (Lipinski definition) is 3. The van der Waals surface area contributed by atoms with Crippen LogP contribution in [0.1, 0.15) is 66.2 Å². The van der Waals surface area contributed by atoms with E-state index in [1.54, 1.807) is 11.2 Å². The SMILES string of the molecule is CC(=O)CC1CCCCCN1S(=O)(=O)CCC(C)(C)C. The lowest BCUT2D eigenvalue weighted by atomic mass is 9.94. The highest BCUT2D eigenvalue weighted by Gasteiger charge is 2.32. The van der Waals surface area contributed by atoms with Crippen LogP contribution in [0, 0.1) is 5.41 Å². The van der Waals surface area contributed by atoms with Gasteiger partial charge in [0.25, 0.3) is 0 Å². The van der Waals surface area contributed by atoms with Gasteiger partial charge in [0.1, 0.15) is 5.78 Å². The third-order valence-corrected chi connectivity index (χ3v) is 5.73. The number of rotatable bonds is 5. The molecule has 0 N–H and O–H groups in total. The van der Waals surface area contributed by atoms with Crippen molar-refractivity contribution in [3.05, 3.63) is 0 Å². The Balaban J connectivity index is 2.83. The van der Waals surface area contributed by atoms with Gasteiger partial charge in [-0.15, -0.1) is 0 Å². The average Bonchev–Trinajstić information content (AvgIpc) is 2.51. The minimum atomic E-state index is -3.25. The van der Waals surface area contributed by atoms with Gasteiger partial charge in [-0.25, -0.2) is 8.42 Å². The zero-order valence-electron chi connectivity index (χ0n) is 13.3. The fourth-order valence-corrected chi connectivity index (χ4v) is 4.75. The van der Waals surface area contributed by atoms with Crippen LogP contribution in [-0.2, 0) is 14.8 Å². The second-order valence-corrected chi connectivity index (χ2v) is 9.19. The molecule has 1 atom stereocenters. The first-order valence-corrected chi connectivity index (χ1v) is 9.22. The Morgan fingerprint density at radius 3 is 2.40 bits per heavy atom. The molecule has 0 aromatic rings. The molecule has 0 amide bonds. The van der Waals surface area contributed by atoms with Crippen LogP contribution in [-0.4, -0.2) is 36.8 Å². The maximum absolute atomic E-state index is 12.6. The van der Waals surface area contributed by atoms with E-state index in [-0.39, 0.29) is 23.0 Å². The van der Waals surface area contributed by atoms with Gasteiger partial charge in [0.2, 0.25) is 10.0 Å². The normalized spacial score (nSPS) is 22.5. The number of nitrogens with zero attached hydrogens (tertiary/aromatic N) is 1. The second-order valence-electron chi connectivity index (χ2n) is 7.15. The van der Waals surface area contributed by atoms with E-state index in [0.29, 0.717) is 19.4 Å². The first-order valence-electron chi connectivity index (χ1n) is 7.61. The van der Waals surface area contributed by atoms with Crippen LogP contribution in [0.15, 0.2) is 0 Å². The molecule has 118 valence electrons. The number of sulfonamides is 1. The first kappa shape index (κ1) is 17.6. The molecule has 1 aliphatic heterocycles. The summed E-state index contributed by atoms with van der Waals surface area (Å²) in [5, 5.41) is 0. The highest BCUT2D eigenvalue weighted by molar-refractivity contribution is 7.89. The molecule has 20 heavy (non-hydrogen) atoms. The minimum Gasteiger partial charge on any atom is -0.300 e. The molecule has 0 spiro atoms. The lowest BCUT2D eigenvalue weighted by Crippen LogP contribution is -2.42. The molecular formula is C15H29NO3S. The summed E-state index contributed by atoms with van der Waals surface area (Å²) in [6.07, 6.45) is 4.80. The van der Waals surface area contributed by atoms with Crippen LogP contribution in [0.4, 0.5) is 0 Å². The van der Waals surface area contributed by atoms with E-state index >= 15 is 0 Å². The number of Topliss-reactive ketones (excluding diaryl/α,β-unsaturated/α-hetero) is 1. The van der Waals surface area contributed by atoms with Gasteiger partial charge in [-0.05, 0) is 31.6 Å². The number of ketones is 1. The third kappa shape index (κ3) is 5.92. The van der Waals surface area contributed by atoms with Crippen LogP contribution >= 0.6 is 0 Å². The molecule has 0 aliphatic carbocycles. The molecule has 0 radical (unpaired) electrons. The van der Waals surface area contributed by atoms with Crippen LogP contribution in [0.3, 0.4) is 0 Å². The van der Waals surface area contributed by atoms with Gasteiger partial charge in [-0.3, -0.25) is 4.79 Å². The molecule has 5 heteroatoms. The van der Waals surface area contributed by atoms with Crippen LogP contribution in [0.5, 0.6) is 0 Å². The summed E-state index contributed by atoms with van der Waals surface area (Å²) in [6, 6.07) is -0.125. The minimum absolute atomic E-state index is 0.00892. The van der Waals surface area contributed by atoms with Gasteiger partial charge < -0.3 is 0 Å². The van der Waals surface area contributed by atoms with Gasteiger partial charge in [0, 0.05) is 19.0 Å². The number of carbonyl (C=O) groups excluding carboxylic acids is 1. The van der Waals surface area contributed by atoms with E-state index in [9.17, 15) is 13.2 Å². The summed E-state index contributed by atoms with van der Waals surface area (Å²) in [6.45, 7) is 8.28. The lowest BCUT2D eigenvalue weighted by molar-refractivity contribution is -0.117. The Morgan fingerprint density at radius 1 is 1.20 bits per heavy atom. The number of carbonyl (C=O) groups is 1. The van der Waals surface area contributed by atoms with Crippen molar-refractivity contribution in [1.29, 1.82) is 0 Å². The predicted octanol–water partition coefficient (Wildman–Crippen LogP) is 2.98. The molecule has 4 nitrogen and oxygen atoms in total. The molecule has 1 unspecified atom stereocenters. The van der Waals surface area contributed by atoms with Crippen molar-refractivity contribution in [1.82, 2.24) is 4.31 Å². The average molecular weight is 303 g/mol. The van der Waals surface area contributed by atoms with E-state index in [2.05, 4.69) is 20.8 Å². The van der Waals surface area contributed by atoms with Gasteiger partial charge in [-0.1, -0.05) is 33.6 Å². The quantitative estimate of drug-likeness (QED) is 0.784. The largest absolute Gasteiger partial charge is 0.300 e. The highest BCUT2D eigenvalue weighted by Crippen LogP contribution is 2.26. The molecule has 1 saturated heterocycles. The van der Waals surface area contributed by atoms with Crippen molar-refractivity contribution in [3.63, 3.8) is 0 Å². The van der Waals surface area contributed by atoms with Crippen LogP contribution < -0.4 is 0 Å². The van der Waals surface area contributed by atoms with E-state index in [4.69, 9.17) is 0 Å². The molecule has 0 aromatic heterocycles. The van der Waals surface area contributed by atoms with Crippen molar-refractivity contribution in [2.45, 2.75) is 72.3 Å². The Labute approximate surface area is 124 Å². The maximum atomic E-state index is 12.6. The lowest BCUT2D eigenvalue weighted by Gasteiger charge is -2.30. The molecule has 1 heterocycles. The zero-order chi connectivity index (χ0) is 15.4. The van der Waals surface area contributed by atoms with Crippen molar-refractivity contribution >= 4 is 15.8 Å². The first-order chi connectivity index (χ1) is 9.12. The zero-order valence-corrected chi connectivity index (χ0v) is 14.1. The maximum Gasteiger partial charge on any atom is 0.214 e. The number of hydrogen-bond donors (Lipinski definition) is 0. The smallest absolute Gasteiger partial charge is 0.214 e. The third-order valence-electron chi connectivity index (χ3n) is 3.81. The molecule has 1 rings (SSSR count). The summed E-state index contributed by atoms with van der Waals surface area (Å²) in [4.78, 5) is 11.4. The van der Waals surface area contributed by atoms with Gasteiger partial charge in [0.15, 0.2) is 0 Å². The van der Waals surface area contributed by atoms with Crippen LogP contribution in [0.2, 0.25) is 0 Å². The Bertz CT molecular complexity index is 423. The molecule has 0 aromatic carbocycles. The highest BCUT2D eigenvalue weighted by atomic mass is 32.2. The van der Waals surface area contributed by atoms with Gasteiger partial charge in [-0.2, -0.15) is 4.31 Å². The summed E-state index contributed by atoms with van der Waals surface area (Å²) in [7, 11) is -3.25. The monoisotopic (exact) mass is 303 g/mol. The van der Waals surface area contributed by atoms with Gasteiger partial charge >= 0.3 is 0 Å². The summed E-state index contributed by atoms with van der Waals surface area (Å²) >= 11 is 0. The Kier molecular flexibility index (Phi) is 6.20. The molecule has 1 aliphatic rings. The van der Waals surface area contributed by atoms with Gasteiger partial charge in [0.05, 0.1) is 5.75 Å².